The molecule has 0 atom stereocenters. The second-order valence-electron chi connectivity index (χ2n) is 2.96. The maximum atomic E-state index is 11.9. The number of hydrogen-bond acceptors (Lipinski definition) is 1. The highest BCUT2D eigenvalue weighted by Gasteiger charge is 2.21. The van der Waals surface area contributed by atoms with Crippen LogP contribution in [-0.2, 0) is 0 Å². The van der Waals surface area contributed by atoms with Crippen LogP contribution in [0.1, 0.15) is 40.0 Å². The van der Waals surface area contributed by atoms with Gasteiger partial charge in [-0.2, -0.15) is 0 Å². The normalized spacial score (nSPS) is 12.0. The highest BCUT2D eigenvalue weighted by atomic mass is 19.1. The van der Waals surface area contributed by atoms with Gasteiger partial charge in [0.15, 0.2) is 0 Å². The lowest BCUT2D eigenvalue weighted by molar-refractivity contribution is 0.278. The molecular formula is C9H20FN. The Morgan fingerprint density at radius 1 is 1.09 bits per heavy atom. The van der Waals surface area contributed by atoms with E-state index in [4.69, 9.17) is 0 Å². The zero-order valence-electron chi connectivity index (χ0n) is 7.91. The summed E-state index contributed by atoms with van der Waals surface area (Å²) in [5.74, 6) is 0. The lowest BCUT2D eigenvalue weighted by Crippen LogP contribution is -2.44. The standard InChI is InChI=1S/C9H20FN/c1-4-9(5-2,6-3)11-8-7-10/h11H,4-8H2,1-3H3. The molecule has 0 aliphatic carbocycles. The van der Waals surface area contributed by atoms with Crippen molar-refractivity contribution in [1.82, 2.24) is 5.32 Å². The number of rotatable bonds is 6. The Hall–Kier alpha value is -0.110. The zero-order valence-corrected chi connectivity index (χ0v) is 7.91. The number of hydrogen-bond donors (Lipinski definition) is 1. The minimum Gasteiger partial charge on any atom is -0.309 e. The molecule has 0 spiro atoms. The summed E-state index contributed by atoms with van der Waals surface area (Å²) in [5.41, 5.74) is 0.187. The van der Waals surface area contributed by atoms with E-state index in [0.717, 1.165) is 19.3 Å². The Bertz CT molecular complexity index is 81.3. The van der Waals surface area contributed by atoms with Crippen LogP contribution in [0.15, 0.2) is 0 Å². The van der Waals surface area contributed by atoms with E-state index in [1.165, 1.54) is 0 Å². The fraction of sp³-hybridized carbons (Fsp3) is 1.00. The van der Waals surface area contributed by atoms with E-state index in [2.05, 4.69) is 26.1 Å². The molecular weight excluding hydrogens is 141 g/mol. The maximum Gasteiger partial charge on any atom is 0.102 e. The third-order valence-electron chi connectivity index (χ3n) is 2.62. The molecule has 0 saturated carbocycles. The fourth-order valence-corrected chi connectivity index (χ4v) is 1.44. The highest BCUT2D eigenvalue weighted by Crippen LogP contribution is 2.18. The third-order valence-corrected chi connectivity index (χ3v) is 2.62. The van der Waals surface area contributed by atoms with E-state index in [0.29, 0.717) is 6.54 Å². The number of alkyl halides is 1. The largest absolute Gasteiger partial charge is 0.309 e. The van der Waals surface area contributed by atoms with Crippen molar-refractivity contribution in [1.29, 1.82) is 0 Å². The van der Waals surface area contributed by atoms with E-state index in [1.54, 1.807) is 0 Å². The van der Waals surface area contributed by atoms with Crippen LogP contribution in [0.4, 0.5) is 4.39 Å². The Balaban J connectivity index is 3.84. The molecule has 0 amide bonds. The molecule has 68 valence electrons. The molecule has 0 heterocycles. The van der Waals surface area contributed by atoms with Crippen molar-refractivity contribution < 1.29 is 4.39 Å². The van der Waals surface area contributed by atoms with Crippen molar-refractivity contribution >= 4 is 0 Å². The molecule has 0 aromatic rings. The van der Waals surface area contributed by atoms with Crippen molar-refractivity contribution in [2.45, 2.75) is 45.6 Å². The quantitative estimate of drug-likeness (QED) is 0.631. The van der Waals surface area contributed by atoms with Crippen molar-refractivity contribution in [3.05, 3.63) is 0 Å². The van der Waals surface area contributed by atoms with Crippen LogP contribution in [0.25, 0.3) is 0 Å². The van der Waals surface area contributed by atoms with Gasteiger partial charge in [0.1, 0.15) is 6.67 Å². The third kappa shape index (κ3) is 3.19. The monoisotopic (exact) mass is 161 g/mol. The predicted molar refractivity (Wildman–Crippen MR) is 47.6 cm³/mol. The van der Waals surface area contributed by atoms with Gasteiger partial charge in [0, 0.05) is 12.1 Å². The van der Waals surface area contributed by atoms with Gasteiger partial charge >= 0.3 is 0 Å². The first-order valence-electron chi connectivity index (χ1n) is 4.55. The van der Waals surface area contributed by atoms with E-state index in [9.17, 15) is 4.39 Å². The van der Waals surface area contributed by atoms with E-state index >= 15 is 0 Å². The van der Waals surface area contributed by atoms with Gasteiger partial charge in [0.05, 0.1) is 0 Å². The summed E-state index contributed by atoms with van der Waals surface area (Å²) in [5, 5.41) is 3.26. The van der Waals surface area contributed by atoms with Gasteiger partial charge in [0.25, 0.3) is 0 Å². The van der Waals surface area contributed by atoms with E-state index in [1.807, 2.05) is 0 Å². The van der Waals surface area contributed by atoms with Gasteiger partial charge in [0.2, 0.25) is 0 Å². The second-order valence-corrected chi connectivity index (χ2v) is 2.96. The maximum absolute atomic E-state index is 11.9. The van der Waals surface area contributed by atoms with Gasteiger partial charge in [-0.3, -0.25) is 0 Å². The van der Waals surface area contributed by atoms with Gasteiger partial charge in [-0.1, -0.05) is 20.8 Å². The molecule has 0 rings (SSSR count). The molecule has 0 saturated heterocycles. The molecule has 0 radical (unpaired) electrons. The van der Waals surface area contributed by atoms with Crippen LogP contribution in [-0.4, -0.2) is 18.8 Å². The topological polar surface area (TPSA) is 12.0 Å². The molecule has 1 nitrogen and oxygen atoms in total. The Labute approximate surface area is 69.4 Å². The summed E-state index contributed by atoms with van der Waals surface area (Å²) in [6.07, 6.45) is 3.25. The molecule has 0 unspecified atom stereocenters. The van der Waals surface area contributed by atoms with Gasteiger partial charge in [-0.05, 0) is 19.3 Å². The fourth-order valence-electron chi connectivity index (χ4n) is 1.44. The Kier molecular flexibility index (Phi) is 5.47. The lowest BCUT2D eigenvalue weighted by atomic mass is 9.90. The SMILES string of the molecule is CCC(CC)(CC)NCCF. The molecule has 1 N–H and O–H groups in total. The summed E-state index contributed by atoms with van der Waals surface area (Å²) in [6, 6.07) is 0. The molecule has 11 heavy (non-hydrogen) atoms. The molecule has 0 bridgehead atoms. The van der Waals surface area contributed by atoms with E-state index < -0.39 is 0 Å². The average molecular weight is 161 g/mol. The van der Waals surface area contributed by atoms with Crippen LogP contribution in [0.3, 0.4) is 0 Å². The zero-order chi connectivity index (χ0) is 8.74. The summed E-state index contributed by atoms with van der Waals surface area (Å²) in [4.78, 5) is 0. The summed E-state index contributed by atoms with van der Waals surface area (Å²) >= 11 is 0. The molecule has 2 heteroatoms. The Morgan fingerprint density at radius 3 is 1.82 bits per heavy atom. The molecule has 0 aliphatic heterocycles. The average Bonchev–Trinajstić information content (AvgIpc) is 2.08. The van der Waals surface area contributed by atoms with Crippen molar-refractivity contribution in [3.8, 4) is 0 Å². The van der Waals surface area contributed by atoms with Crippen molar-refractivity contribution in [3.63, 3.8) is 0 Å². The van der Waals surface area contributed by atoms with Crippen LogP contribution in [0.2, 0.25) is 0 Å². The second kappa shape index (κ2) is 5.53. The number of nitrogens with one attached hydrogen (secondary N) is 1. The van der Waals surface area contributed by atoms with Gasteiger partial charge < -0.3 is 5.32 Å². The van der Waals surface area contributed by atoms with Crippen molar-refractivity contribution in [2.24, 2.45) is 0 Å². The molecule has 0 aromatic carbocycles. The molecule has 0 aliphatic rings. The molecule has 0 fully saturated rings. The Morgan fingerprint density at radius 2 is 1.55 bits per heavy atom. The summed E-state index contributed by atoms with van der Waals surface area (Å²) in [6.45, 7) is 6.69. The van der Waals surface area contributed by atoms with Crippen LogP contribution in [0.5, 0.6) is 0 Å². The smallest absolute Gasteiger partial charge is 0.102 e. The van der Waals surface area contributed by atoms with Crippen LogP contribution < -0.4 is 5.32 Å². The van der Waals surface area contributed by atoms with Crippen LogP contribution >= 0.6 is 0 Å². The van der Waals surface area contributed by atoms with Crippen LogP contribution in [0, 0.1) is 0 Å². The lowest BCUT2D eigenvalue weighted by Gasteiger charge is -2.31. The minimum absolute atomic E-state index is 0.187. The molecule has 0 aromatic heterocycles. The summed E-state index contributed by atoms with van der Waals surface area (Å²) in [7, 11) is 0. The first-order valence-corrected chi connectivity index (χ1v) is 4.55. The van der Waals surface area contributed by atoms with Gasteiger partial charge in [-0.15, -0.1) is 0 Å². The number of halogens is 1. The van der Waals surface area contributed by atoms with E-state index in [-0.39, 0.29) is 12.2 Å². The van der Waals surface area contributed by atoms with Crippen molar-refractivity contribution in [2.75, 3.05) is 13.2 Å². The highest BCUT2D eigenvalue weighted by molar-refractivity contribution is 4.83. The first kappa shape index (κ1) is 10.9. The predicted octanol–water partition coefficient (Wildman–Crippen LogP) is 2.51. The summed E-state index contributed by atoms with van der Waals surface area (Å²) < 4.78 is 11.9. The first-order chi connectivity index (χ1) is 5.24. The van der Waals surface area contributed by atoms with Gasteiger partial charge in [-0.25, -0.2) is 4.39 Å². The minimum atomic E-state index is -0.262.